The second-order valence-electron chi connectivity index (χ2n) is 5.26. The summed E-state index contributed by atoms with van der Waals surface area (Å²) in [5.74, 6) is 0.896. The van der Waals surface area contributed by atoms with Crippen LogP contribution >= 0.6 is 0 Å². The molecule has 0 radical (unpaired) electrons. The highest BCUT2D eigenvalue weighted by Crippen LogP contribution is 2.17. The highest BCUT2D eigenvalue weighted by molar-refractivity contribution is 5.80. The number of rotatable bonds is 3. The molecule has 0 amide bonds. The Balaban J connectivity index is 1.80. The summed E-state index contributed by atoms with van der Waals surface area (Å²) in [5.41, 5.74) is 4.55. The molecule has 0 aliphatic carbocycles. The SMILES string of the molecule is Cc1nn(-c2ccccc2)c(C)c1CNC1=NCCCN1. The molecule has 0 spiro atoms. The van der Waals surface area contributed by atoms with Crippen LogP contribution in [0.25, 0.3) is 5.69 Å². The average Bonchev–Trinajstić information content (AvgIpc) is 2.82. The van der Waals surface area contributed by atoms with Crippen molar-refractivity contribution in [2.45, 2.75) is 26.8 Å². The monoisotopic (exact) mass is 283 g/mol. The molecule has 1 aliphatic rings. The smallest absolute Gasteiger partial charge is 0.191 e. The van der Waals surface area contributed by atoms with Crippen molar-refractivity contribution < 1.29 is 0 Å². The fourth-order valence-corrected chi connectivity index (χ4v) is 2.57. The number of aryl methyl sites for hydroxylation is 1. The summed E-state index contributed by atoms with van der Waals surface area (Å²) < 4.78 is 2.00. The summed E-state index contributed by atoms with van der Waals surface area (Å²) in [6, 6.07) is 10.2. The van der Waals surface area contributed by atoms with Crippen molar-refractivity contribution in [1.82, 2.24) is 20.4 Å². The predicted molar refractivity (Wildman–Crippen MR) is 84.8 cm³/mol. The molecule has 110 valence electrons. The van der Waals surface area contributed by atoms with Gasteiger partial charge in [0, 0.05) is 30.9 Å². The molecular formula is C16H21N5. The number of benzene rings is 1. The lowest BCUT2D eigenvalue weighted by atomic mass is 10.2. The van der Waals surface area contributed by atoms with Gasteiger partial charge in [-0.05, 0) is 32.4 Å². The van der Waals surface area contributed by atoms with Crippen LogP contribution in [0.1, 0.15) is 23.4 Å². The maximum Gasteiger partial charge on any atom is 0.191 e. The highest BCUT2D eigenvalue weighted by atomic mass is 15.3. The van der Waals surface area contributed by atoms with Crippen molar-refractivity contribution in [3.05, 3.63) is 47.3 Å². The van der Waals surface area contributed by atoms with Gasteiger partial charge in [-0.3, -0.25) is 4.99 Å². The van der Waals surface area contributed by atoms with E-state index in [1.165, 1.54) is 11.3 Å². The van der Waals surface area contributed by atoms with E-state index in [1.54, 1.807) is 0 Å². The Bertz CT molecular complexity index is 642. The molecule has 1 aliphatic heterocycles. The molecule has 0 fully saturated rings. The first-order valence-corrected chi connectivity index (χ1v) is 7.38. The molecule has 1 aromatic carbocycles. The van der Waals surface area contributed by atoms with Gasteiger partial charge in [0.2, 0.25) is 0 Å². The van der Waals surface area contributed by atoms with E-state index in [2.05, 4.69) is 46.7 Å². The largest absolute Gasteiger partial charge is 0.356 e. The Morgan fingerprint density at radius 1 is 1.24 bits per heavy atom. The lowest BCUT2D eigenvalue weighted by Gasteiger charge is -2.16. The minimum absolute atomic E-state index is 0.746. The molecule has 2 aromatic rings. The maximum atomic E-state index is 4.66. The molecule has 0 saturated carbocycles. The Morgan fingerprint density at radius 3 is 2.76 bits per heavy atom. The van der Waals surface area contributed by atoms with Crippen molar-refractivity contribution in [2.24, 2.45) is 4.99 Å². The molecule has 2 N–H and O–H groups in total. The second kappa shape index (κ2) is 5.99. The maximum absolute atomic E-state index is 4.66. The molecular weight excluding hydrogens is 262 g/mol. The fourth-order valence-electron chi connectivity index (χ4n) is 2.57. The number of aliphatic imine (C=N–C) groups is 1. The second-order valence-corrected chi connectivity index (χ2v) is 5.26. The Morgan fingerprint density at radius 2 is 2.05 bits per heavy atom. The van der Waals surface area contributed by atoms with Crippen LogP contribution < -0.4 is 10.6 Å². The number of guanidine groups is 1. The van der Waals surface area contributed by atoms with Gasteiger partial charge in [0.15, 0.2) is 5.96 Å². The van der Waals surface area contributed by atoms with Crippen molar-refractivity contribution in [2.75, 3.05) is 13.1 Å². The Hall–Kier alpha value is -2.30. The van der Waals surface area contributed by atoms with Gasteiger partial charge >= 0.3 is 0 Å². The molecule has 5 heteroatoms. The van der Waals surface area contributed by atoms with E-state index in [0.29, 0.717) is 0 Å². The minimum atomic E-state index is 0.746. The van der Waals surface area contributed by atoms with E-state index in [0.717, 1.165) is 43.4 Å². The first kappa shape index (κ1) is 13.7. The van der Waals surface area contributed by atoms with Crippen molar-refractivity contribution >= 4 is 5.96 Å². The van der Waals surface area contributed by atoms with E-state index in [9.17, 15) is 0 Å². The summed E-state index contributed by atoms with van der Waals surface area (Å²) in [6.07, 6.45) is 1.11. The number of para-hydroxylation sites is 1. The minimum Gasteiger partial charge on any atom is -0.356 e. The van der Waals surface area contributed by atoms with Gasteiger partial charge in [-0.25, -0.2) is 4.68 Å². The van der Waals surface area contributed by atoms with Crippen molar-refractivity contribution in [3.8, 4) is 5.69 Å². The van der Waals surface area contributed by atoms with Gasteiger partial charge in [0.25, 0.3) is 0 Å². The molecule has 5 nitrogen and oxygen atoms in total. The van der Waals surface area contributed by atoms with E-state index in [1.807, 2.05) is 22.9 Å². The molecule has 0 saturated heterocycles. The molecule has 0 bridgehead atoms. The lowest BCUT2D eigenvalue weighted by Crippen LogP contribution is -2.40. The van der Waals surface area contributed by atoms with Crippen LogP contribution in [0.3, 0.4) is 0 Å². The molecule has 0 atom stereocenters. The summed E-state index contributed by atoms with van der Waals surface area (Å²) >= 11 is 0. The average molecular weight is 283 g/mol. The Kier molecular flexibility index (Phi) is 3.90. The summed E-state index contributed by atoms with van der Waals surface area (Å²) in [7, 11) is 0. The zero-order valence-corrected chi connectivity index (χ0v) is 12.6. The number of aromatic nitrogens is 2. The third-order valence-corrected chi connectivity index (χ3v) is 3.77. The number of hydrogen-bond donors (Lipinski definition) is 2. The van der Waals surface area contributed by atoms with Gasteiger partial charge in [0.05, 0.1) is 11.4 Å². The van der Waals surface area contributed by atoms with Gasteiger partial charge < -0.3 is 10.6 Å². The quantitative estimate of drug-likeness (QED) is 0.905. The topological polar surface area (TPSA) is 54.2 Å². The Labute approximate surface area is 125 Å². The van der Waals surface area contributed by atoms with E-state index in [4.69, 9.17) is 0 Å². The van der Waals surface area contributed by atoms with E-state index in [-0.39, 0.29) is 0 Å². The van der Waals surface area contributed by atoms with Crippen LogP contribution in [-0.2, 0) is 6.54 Å². The number of nitrogens with one attached hydrogen (secondary N) is 2. The van der Waals surface area contributed by atoms with Crippen LogP contribution in [0.5, 0.6) is 0 Å². The standard InChI is InChI=1S/C16H21N5/c1-12-15(11-19-16-17-9-6-10-18-16)13(2)21(20-12)14-7-4-3-5-8-14/h3-5,7-8H,6,9-11H2,1-2H3,(H2,17,18,19). The van der Waals surface area contributed by atoms with Crippen LogP contribution in [0.15, 0.2) is 35.3 Å². The summed E-state index contributed by atoms with van der Waals surface area (Å²) in [5, 5.41) is 11.3. The normalized spacial score (nSPS) is 14.5. The van der Waals surface area contributed by atoms with Gasteiger partial charge in [-0.1, -0.05) is 18.2 Å². The van der Waals surface area contributed by atoms with Gasteiger partial charge in [-0.15, -0.1) is 0 Å². The van der Waals surface area contributed by atoms with E-state index >= 15 is 0 Å². The zero-order valence-electron chi connectivity index (χ0n) is 12.6. The van der Waals surface area contributed by atoms with Gasteiger partial charge in [0.1, 0.15) is 0 Å². The highest BCUT2D eigenvalue weighted by Gasteiger charge is 2.13. The van der Waals surface area contributed by atoms with Crippen LogP contribution in [-0.4, -0.2) is 28.8 Å². The molecule has 1 aromatic heterocycles. The third kappa shape index (κ3) is 2.91. The van der Waals surface area contributed by atoms with Crippen molar-refractivity contribution in [1.29, 1.82) is 0 Å². The molecule has 3 rings (SSSR count). The van der Waals surface area contributed by atoms with Gasteiger partial charge in [-0.2, -0.15) is 5.10 Å². The zero-order chi connectivity index (χ0) is 14.7. The van der Waals surface area contributed by atoms with Crippen LogP contribution in [0.4, 0.5) is 0 Å². The first-order valence-electron chi connectivity index (χ1n) is 7.38. The predicted octanol–water partition coefficient (Wildman–Crippen LogP) is 1.93. The molecule has 2 heterocycles. The van der Waals surface area contributed by atoms with Crippen LogP contribution in [0.2, 0.25) is 0 Å². The molecule has 0 unspecified atom stereocenters. The van der Waals surface area contributed by atoms with E-state index < -0.39 is 0 Å². The molecule has 21 heavy (non-hydrogen) atoms. The summed E-state index contributed by atoms with van der Waals surface area (Å²) in [6.45, 7) is 6.81. The third-order valence-electron chi connectivity index (χ3n) is 3.77. The first-order chi connectivity index (χ1) is 10.3. The number of nitrogens with zero attached hydrogens (tertiary/aromatic N) is 3. The van der Waals surface area contributed by atoms with Crippen LogP contribution in [0, 0.1) is 13.8 Å². The fraction of sp³-hybridized carbons (Fsp3) is 0.375. The lowest BCUT2D eigenvalue weighted by molar-refractivity contribution is 0.700. The van der Waals surface area contributed by atoms with Crippen molar-refractivity contribution in [3.63, 3.8) is 0 Å². The summed E-state index contributed by atoms with van der Waals surface area (Å²) in [4.78, 5) is 4.44. The number of hydrogen-bond acceptors (Lipinski definition) is 4.